The third-order valence-corrected chi connectivity index (χ3v) is 8.10. The molecule has 34 heavy (non-hydrogen) atoms. The zero-order valence-electron chi connectivity index (χ0n) is 19.0. The van der Waals surface area contributed by atoms with E-state index >= 15 is 0 Å². The Morgan fingerprint density at radius 2 is 1.85 bits per heavy atom. The van der Waals surface area contributed by atoms with Crippen molar-refractivity contribution in [1.82, 2.24) is 10.3 Å². The number of rotatable bonds is 3. The van der Waals surface area contributed by atoms with Gasteiger partial charge >= 0.3 is 0 Å². The van der Waals surface area contributed by atoms with Crippen molar-refractivity contribution in [3.8, 4) is 11.3 Å². The molecule has 0 saturated carbocycles. The highest BCUT2D eigenvalue weighted by atomic mass is 32.1. The first kappa shape index (κ1) is 21.1. The number of hydrogen-bond donors (Lipinski definition) is 2. The Balaban J connectivity index is 1.33. The van der Waals surface area contributed by atoms with Crippen molar-refractivity contribution in [1.29, 1.82) is 0 Å². The smallest absolute Gasteiger partial charge is 0.263 e. The van der Waals surface area contributed by atoms with Gasteiger partial charge in [0.2, 0.25) is 0 Å². The van der Waals surface area contributed by atoms with Gasteiger partial charge < -0.3 is 20.3 Å². The van der Waals surface area contributed by atoms with Gasteiger partial charge in [0.25, 0.3) is 5.91 Å². The Morgan fingerprint density at radius 1 is 1.06 bits per heavy atom. The van der Waals surface area contributed by atoms with E-state index in [0.717, 1.165) is 75.0 Å². The van der Waals surface area contributed by atoms with Crippen LogP contribution in [0.4, 0.5) is 11.4 Å². The summed E-state index contributed by atoms with van der Waals surface area (Å²) in [5, 5.41) is 8.67. The molecule has 1 atom stereocenters. The number of thiophene rings is 1. The number of piperidine rings is 1. The molecule has 4 aromatic rings. The lowest BCUT2D eigenvalue weighted by molar-refractivity contribution is -0.111. The molecule has 0 radical (unpaired) electrons. The van der Waals surface area contributed by atoms with E-state index in [2.05, 4.69) is 58.0 Å². The van der Waals surface area contributed by atoms with Crippen LogP contribution in [0.15, 0.2) is 48.5 Å². The van der Waals surface area contributed by atoms with Gasteiger partial charge in [-0.3, -0.25) is 4.79 Å². The Labute approximate surface area is 202 Å². The summed E-state index contributed by atoms with van der Waals surface area (Å²) in [5.41, 5.74) is 5.03. The second kappa shape index (κ2) is 8.40. The number of nitrogens with zero attached hydrogens (tertiary/aromatic N) is 2. The van der Waals surface area contributed by atoms with Gasteiger partial charge in [0.15, 0.2) is 0 Å². The van der Waals surface area contributed by atoms with Crippen LogP contribution in [0.25, 0.3) is 32.2 Å². The summed E-state index contributed by atoms with van der Waals surface area (Å²) in [6.07, 6.45) is 2.94. The minimum atomic E-state index is -0.0121. The van der Waals surface area contributed by atoms with Crippen molar-refractivity contribution in [2.75, 3.05) is 29.9 Å². The minimum absolute atomic E-state index is 0.0121. The fraction of sp³-hybridized carbons (Fsp3) is 0.296. The predicted octanol–water partition coefficient (Wildman–Crippen LogP) is 5.08. The molecule has 1 fully saturated rings. The molecule has 2 N–H and O–H groups in total. The van der Waals surface area contributed by atoms with Crippen molar-refractivity contribution in [2.45, 2.75) is 25.8 Å². The molecule has 6 nitrogen and oxygen atoms in total. The SMILES string of the molecule is C[C@@H]1CNc2c(sc3ccc4nc(-c5ccc(N6CCC(C=O)CC6)cc5)ccc4c23)C(=O)N1. The zero-order valence-corrected chi connectivity index (χ0v) is 19.8. The van der Waals surface area contributed by atoms with Crippen molar-refractivity contribution in [2.24, 2.45) is 5.92 Å². The van der Waals surface area contributed by atoms with E-state index in [-0.39, 0.29) is 17.9 Å². The second-order valence-electron chi connectivity index (χ2n) is 9.27. The molecule has 2 aromatic heterocycles. The van der Waals surface area contributed by atoms with Crippen LogP contribution in [0.3, 0.4) is 0 Å². The third kappa shape index (κ3) is 3.60. The largest absolute Gasteiger partial charge is 0.381 e. The zero-order chi connectivity index (χ0) is 23.2. The summed E-state index contributed by atoms with van der Waals surface area (Å²) in [6.45, 7) is 4.55. The lowest BCUT2D eigenvalue weighted by Gasteiger charge is -2.31. The first-order valence-corrected chi connectivity index (χ1v) is 12.6. The van der Waals surface area contributed by atoms with Crippen LogP contribution in [0.2, 0.25) is 0 Å². The van der Waals surface area contributed by atoms with Gasteiger partial charge in [-0.1, -0.05) is 12.1 Å². The summed E-state index contributed by atoms with van der Waals surface area (Å²) in [7, 11) is 0. The van der Waals surface area contributed by atoms with E-state index in [4.69, 9.17) is 4.98 Å². The maximum atomic E-state index is 12.7. The van der Waals surface area contributed by atoms with E-state index in [0.29, 0.717) is 6.54 Å². The molecule has 2 aliphatic rings. The van der Waals surface area contributed by atoms with Crippen LogP contribution in [0, 0.1) is 5.92 Å². The second-order valence-corrected chi connectivity index (χ2v) is 10.3. The molecule has 1 saturated heterocycles. The van der Waals surface area contributed by atoms with Gasteiger partial charge in [-0.2, -0.15) is 0 Å². The molecule has 0 spiro atoms. The third-order valence-electron chi connectivity index (χ3n) is 6.95. The number of nitrogens with one attached hydrogen (secondary N) is 2. The van der Waals surface area contributed by atoms with Crippen LogP contribution in [0.1, 0.15) is 29.4 Å². The number of hydrogen-bond acceptors (Lipinski definition) is 6. The summed E-state index contributed by atoms with van der Waals surface area (Å²) < 4.78 is 1.09. The normalized spacial score (nSPS) is 18.9. The molecule has 0 bridgehead atoms. The number of anilines is 2. The predicted molar refractivity (Wildman–Crippen MR) is 139 cm³/mol. The van der Waals surface area contributed by atoms with Crippen molar-refractivity contribution in [3.05, 3.63) is 53.4 Å². The molecule has 0 aliphatic carbocycles. The molecular weight excluding hydrogens is 444 g/mol. The van der Waals surface area contributed by atoms with E-state index < -0.39 is 0 Å². The molecule has 2 aliphatic heterocycles. The van der Waals surface area contributed by atoms with Crippen LogP contribution < -0.4 is 15.5 Å². The maximum absolute atomic E-state index is 12.7. The first-order chi connectivity index (χ1) is 16.6. The van der Waals surface area contributed by atoms with Crippen LogP contribution in [-0.2, 0) is 4.79 Å². The van der Waals surface area contributed by atoms with Crippen LogP contribution >= 0.6 is 11.3 Å². The molecular formula is C27H26N4O2S. The van der Waals surface area contributed by atoms with E-state index in [9.17, 15) is 9.59 Å². The number of pyridine rings is 1. The summed E-state index contributed by atoms with van der Waals surface area (Å²) in [4.78, 5) is 31.7. The Kier molecular flexibility index (Phi) is 5.21. The fourth-order valence-corrected chi connectivity index (χ4v) is 6.12. The monoisotopic (exact) mass is 470 g/mol. The summed E-state index contributed by atoms with van der Waals surface area (Å²) in [5.74, 6) is 0.192. The van der Waals surface area contributed by atoms with E-state index in [1.165, 1.54) is 17.0 Å². The number of carbonyl (C=O) groups is 2. The number of aromatic nitrogens is 1. The van der Waals surface area contributed by atoms with E-state index in [1.807, 2.05) is 13.0 Å². The highest BCUT2D eigenvalue weighted by Gasteiger charge is 2.25. The highest BCUT2D eigenvalue weighted by molar-refractivity contribution is 7.21. The highest BCUT2D eigenvalue weighted by Crippen LogP contribution is 2.41. The minimum Gasteiger partial charge on any atom is -0.381 e. The first-order valence-electron chi connectivity index (χ1n) is 11.8. The molecule has 4 heterocycles. The molecule has 0 unspecified atom stereocenters. The van der Waals surface area contributed by atoms with E-state index in [1.54, 1.807) is 0 Å². The molecule has 2 aromatic carbocycles. The Bertz CT molecular complexity index is 1400. The number of amides is 1. The average Bonchev–Trinajstić information content (AvgIpc) is 3.20. The number of benzene rings is 2. The summed E-state index contributed by atoms with van der Waals surface area (Å²) >= 11 is 1.53. The number of carbonyl (C=O) groups excluding carboxylic acids is 2. The quantitative estimate of drug-likeness (QED) is 0.409. The number of fused-ring (bicyclic) bond motifs is 5. The van der Waals surface area contributed by atoms with Crippen LogP contribution in [-0.4, -0.2) is 42.9 Å². The molecule has 1 amide bonds. The van der Waals surface area contributed by atoms with Crippen molar-refractivity contribution < 1.29 is 9.59 Å². The van der Waals surface area contributed by atoms with Gasteiger partial charge in [-0.05, 0) is 56.2 Å². The molecule has 6 rings (SSSR count). The van der Waals surface area contributed by atoms with Crippen molar-refractivity contribution in [3.63, 3.8) is 0 Å². The van der Waals surface area contributed by atoms with Gasteiger partial charge in [-0.25, -0.2) is 4.98 Å². The van der Waals surface area contributed by atoms with Crippen LogP contribution in [0.5, 0.6) is 0 Å². The van der Waals surface area contributed by atoms with Gasteiger partial charge in [0.1, 0.15) is 11.2 Å². The van der Waals surface area contributed by atoms with Gasteiger partial charge in [0, 0.05) is 58.3 Å². The van der Waals surface area contributed by atoms with Gasteiger partial charge in [-0.15, -0.1) is 11.3 Å². The average molecular weight is 471 g/mol. The standard InChI is InChI=1S/C27H26N4O2S/c1-16-14-28-25-24-20-6-7-21(30-22(20)8-9-23(24)34-26(25)27(33)29-16)18-2-4-19(5-3-18)31-12-10-17(15-32)11-13-31/h2-9,15-17,28H,10-14H2,1H3,(H,29,33)/t16-/m1/s1. The Morgan fingerprint density at radius 3 is 2.62 bits per heavy atom. The molecule has 7 heteroatoms. The lowest BCUT2D eigenvalue weighted by atomic mass is 9.98. The number of aldehydes is 1. The Hall–Kier alpha value is -3.45. The fourth-order valence-electron chi connectivity index (χ4n) is 5.02. The maximum Gasteiger partial charge on any atom is 0.263 e. The molecule has 172 valence electrons. The topological polar surface area (TPSA) is 74.3 Å². The lowest BCUT2D eigenvalue weighted by Crippen LogP contribution is -2.34. The van der Waals surface area contributed by atoms with Gasteiger partial charge in [0.05, 0.1) is 16.9 Å². The summed E-state index contributed by atoms with van der Waals surface area (Å²) in [6, 6.07) is 16.9. The van der Waals surface area contributed by atoms with Crippen molar-refractivity contribution >= 4 is 55.9 Å².